The van der Waals surface area contributed by atoms with Crippen LogP contribution in [0.5, 0.6) is 0 Å². The van der Waals surface area contributed by atoms with Gasteiger partial charge in [0.15, 0.2) is 0 Å². The molecule has 243 valence electrons. The van der Waals surface area contributed by atoms with Gasteiger partial charge in [-0.2, -0.15) is 11.1 Å². The SMILES string of the molecule is CC12CC3CC(C1)CC([NH-])(C3)C2.CC1=[C-]C(C)C(C)=C1C.[Hf].c1ccc(-c2ccccc2)cc1.c1ccc([SiH]c2ccccc2)cc1. The molecule has 4 saturated carbocycles. The molecule has 4 fully saturated rings. The number of hydrogen-bond acceptors (Lipinski definition) is 0. The Hall–Kier alpha value is -2.59. The van der Waals surface area contributed by atoms with Gasteiger partial charge in [0.25, 0.3) is 0 Å². The molecule has 0 aromatic heterocycles. The Kier molecular flexibility index (Phi) is 13.6. The van der Waals surface area contributed by atoms with Crippen molar-refractivity contribution in [3.63, 3.8) is 0 Å². The summed E-state index contributed by atoms with van der Waals surface area (Å²) < 4.78 is 0. The van der Waals surface area contributed by atoms with E-state index in [0.29, 0.717) is 11.3 Å². The third kappa shape index (κ3) is 10.7. The van der Waals surface area contributed by atoms with E-state index in [0.717, 1.165) is 11.8 Å². The minimum atomic E-state index is 0. The molecule has 1 nitrogen and oxygen atoms in total. The molecule has 5 aliphatic carbocycles. The average molecular weight is 801 g/mol. The molecular formula is C44H52HfNSi-2. The van der Waals surface area contributed by atoms with E-state index in [1.807, 2.05) is 12.1 Å². The van der Waals surface area contributed by atoms with Crippen molar-refractivity contribution in [3.8, 4) is 11.1 Å². The van der Waals surface area contributed by atoms with Gasteiger partial charge in [-0.25, -0.2) is 5.57 Å². The number of benzene rings is 4. The van der Waals surface area contributed by atoms with Crippen LogP contribution in [0, 0.1) is 29.2 Å². The summed E-state index contributed by atoms with van der Waals surface area (Å²) in [5.41, 5.74) is 15.7. The molecule has 5 aliphatic rings. The van der Waals surface area contributed by atoms with Gasteiger partial charge in [0.05, 0.1) is 0 Å². The van der Waals surface area contributed by atoms with Gasteiger partial charge in [0.1, 0.15) is 9.52 Å². The van der Waals surface area contributed by atoms with Gasteiger partial charge in [-0.05, 0) is 47.6 Å². The Balaban J connectivity index is 0.000000142. The van der Waals surface area contributed by atoms with Crippen molar-refractivity contribution in [2.24, 2.45) is 23.2 Å². The fraction of sp³-hybridized carbons (Fsp3) is 0.364. The quantitative estimate of drug-likeness (QED) is 0.146. The Morgan fingerprint density at radius 1 is 0.638 bits per heavy atom. The predicted molar refractivity (Wildman–Crippen MR) is 201 cm³/mol. The fourth-order valence-corrected chi connectivity index (χ4v) is 9.65. The molecule has 3 atom stereocenters. The molecule has 1 N–H and O–H groups in total. The number of nitrogens with one attached hydrogen (secondary N) is 1. The first kappa shape index (κ1) is 37.2. The maximum Gasteiger partial charge on any atom is 0.103 e. The summed E-state index contributed by atoms with van der Waals surface area (Å²) in [5, 5.41) is 2.90. The fourth-order valence-electron chi connectivity index (χ4n) is 8.43. The Morgan fingerprint density at radius 2 is 1.04 bits per heavy atom. The van der Waals surface area contributed by atoms with Gasteiger partial charge in [0.2, 0.25) is 0 Å². The summed E-state index contributed by atoms with van der Waals surface area (Å²) in [4.78, 5) is 0. The van der Waals surface area contributed by atoms with Crippen molar-refractivity contribution in [3.05, 3.63) is 150 Å². The van der Waals surface area contributed by atoms with Crippen molar-refractivity contribution in [1.82, 2.24) is 0 Å². The second kappa shape index (κ2) is 17.2. The number of allylic oxidation sites excluding steroid dienone is 4. The van der Waals surface area contributed by atoms with Gasteiger partial charge in [-0.3, -0.25) is 6.08 Å². The van der Waals surface area contributed by atoms with Gasteiger partial charge in [-0.15, -0.1) is 12.5 Å². The molecule has 0 heterocycles. The molecule has 4 bridgehead atoms. The zero-order valence-corrected chi connectivity index (χ0v) is 33.8. The van der Waals surface area contributed by atoms with Crippen molar-refractivity contribution >= 4 is 19.9 Å². The molecule has 0 aliphatic heterocycles. The molecule has 3 heteroatoms. The Labute approximate surface area is 306 Å². The molecule has 3 unspecified atom stereocenters. The maximum atomic E-state index is 8.34. The minimum absolute atomic E-state index is 0. The van der Waals surface area contributed by atoms with Crippen molar-refractivity contribution in [2.75, 3.05) is 0 Å². The summed E-state index contributed by atoms with van der Waals surface area (Å²) in [5.74, 6) is 2.41. The van der Waals surface area contributed by atoms with Crippen LogP contribution in [0.25, 0.3) is 16.9 Å². The van der Waals surface area contributed by atoms with E-state index in [1.165, 1.54) is 76.7 Å². The molecule has 9 rings (SSSR count). The normalized spacial score (nSPS) is 26.3. The summed E-state index contributed by atoms with van der Waals surface area (Å²) in [7, 11) is 0.271. The van der Waals surface area contributed by atoms with Crippen LogP contribution >= 0.6 is 0 Å². The second-order valence-corrected chi connectivity index (χ2v) is 16.2. The third-order valence-corrected chi connectivity index (χ3v) is 11.8. The van der Waals surface area contributed by atoms with E-state index in [1.54, 1.807) is 0 Å². The van der Waals surface area contributed by atoms with Crippen LogP contribution in [0.15, 0.2) is 138 Å². The smallest absolute Gasteiger partial charge is 0.103 e. The van der Waals surface area contributed by atoms with Gasteiger partial charge in [-0.1, -0.05) is 185 Å². The summed E-state index contributed by atoms with van der Waals surface area (Å²) in [6.07, 6.45) is 11.3. The van der Waals surface area contributed by atoms with Crippen molar-refractivity contribution < 1.29 is 25.8 Å². The standard InChI is InChI=1S/C12H11Si.C12H10.C11H18N.C9H13.Hf/c1-3-7-11(8-4-1)13-12-9-5-2-6-10-12;1-3-7-11(8-4-1)12-9-5-2-6-10-12;1-10-3-8-2-9(4-10)6-11(12,5-8)7-10;1-6-5-7(2)9(4)8(6)3;/h1-10,13H;1-10H;8-9,12H,2-7H2,1H3;6H,1-4H3;/q;;2*-1;. The van der Waals surface area contributed by atoms with E-state index in [2.05, 4.69) is 150 Å². The van der Waals surface area contributed by atoms with Crippen LogP contribution in [-0.2, 0) is 25.8 Å². The molecule has 1 radical (unpaired) electrons. The van der Waals surface area contributed by atoms with E-state index in [-0.39, 0.29) is 40.9 Å². The zero-order valence-electron chi connectivity index (χ0n) is 29.1. The first-order valence-corrected chi connectivity index (χ1v) is 18.4. The van der Waals surface area contributed by atoms with E-state index < -0.39 is 0 Å². The number of rotatable bonds is 3. The van der Waals surface area contributed by atoms with Crippen LogP contribution in [0.2, 0.25) is 0 Å². The molecule has 4 aromatic carbocycles. The van der Waals surface area contributed by atoms with Gasteiger partial charge in [0, 0.05) is 25.8 Å². The summed E-state index contributed by atoms with van der Waals surface area (Å²) in [6.45, 7) is 11.1. The largest absolute Gasteiger partial charge is 0.672 e. The number of hydrogen-bond donors (Lipinski definition) is 0. The molecular weight excluding hydrogens is 749 g/mol. The van der Waals surface area contributed by atoms with E-state index in [4.69, 9.17) is 5.73 Å². The first-order valence-electron chi connectivity index (χ1n) is 17.2. The topological polar surface area (TPSA) is 23.8 Å². The molecule has 0 amide bonds. The third-order valence-electron chi connectivity index (χ3n) is 10.4. The Bertz CT molecular complexity index is 1470. The molecule has 0 spiro atoms. The van der Waals surface area contributed by atoms with Gasteiger partial charge < -0.3 is 5.73 Å². The minimum Gasteiger partial charge on any atom is -0.672 e. The molecule has 4 aromatic rings. The molecule has 0 saturated heterocycles. The summed E-state index contributed by atoms with van der Waals surface area (Å²) >= 11 is 0. The van der Waals surface area contributed by atoms with Crippen molar-refractivity contribution in [2.45, 2.75) is 78.7 Å². The van der Waals surface area contributed by atoms with Crippen LogP contribution in [0.1, 0.15) is 73.1 Å². The van der Waals surface area contributed by atoms with Gasteiger partial charge >= 0.3 is 0 Å². The van der Waals surface area contributed by atoms with E-state index >= 15 is 0 Å². The van der Waals surface area contributed by atoms with E-state index in [9.17, 15) is 0 Å². The maximum absolute atomic E-state index is 8.34. The zero-order chi connectivity index (χ0) is 32.6. The van der Waals surface area contributed by atoms with Crippen LogP contribution in [-0.4, -0.2) is 15.1 Å². The first-order chi connectivity index (χ1) is 22.1. The second-order valence-electron chi connectivity index (χ2n) is 14.5. The monoisotopic (exact) mass is 802 g/mol. The Morgan fingerprint density at radius 3 is 1.34 bits per heavy atom. The summed E-state index contributed by atoms with van der Waals surface area (Å²) in [6, 6.07) is 42.1. The van der Waals surface area contributed by atoms with Crippen LogP contribution in [0.4, 0.5) is 0 Å². The van der Waals surface area contributed by atoms with Crippen LogP contribution in [0.3, 0.4) is 0 Å². The van der Waals surface area contributed by atoms with Crippen LogP contribution < -0.4 is 10.4 Å². The predicted octanol–water partition coefficient (Wildman–Crippen LogP) is 10.5. The van der Waals surface area contributed by atoms with Crippen molar-refractivity contribution in [1.29, 1.82) is 0 Å². The molecule has 47 heavy (non-hydrogen) atoms. The average Bonchev–Trinajstić information content (AvgIpc) is 3.27.